The van der Waals surface area contributed by atoms with Crippen molar-refractivity contribution in [3.05, 3.63) is 42.0 Å². The molecular weight excluding hydrogens is 286 g/mol. The van der Waals surface area contributed by atoms with Gasteiger partial charge in [-0.25, -0.2) is 4.79 Å². The van der Waals surface area contributed by atoms with E-state index >= 15 is 0 Å². The Morgan fingerprint density at radius 3 is 2.09 bits per heavy atom. The van der Waals surface area contributed by atoms with Crippen molar-refractivity contribution in [2.24, 2.45) is 23.7 Å². The summed E-state index contributed by atoms with van der Waals surface area (Å²) in [6.45, 7) is 0. The molecule has 0 unspecified atom stereocenters. The molecule has 0 spiro atoms. The number of carbonyl (C=O) groups excluding carboxylic acids is 1. The number of allylic oxidation sites excluding steroid dienone is 2. The van der Waals surface area contributed by atoms with Crippen LogP contribution in [0.1, 0.15) is 16.8 Å². The number of nitrogens with one attached hydrogen (secondary N) is 1. The van der Waals surface area contributed by atoms with Gasteiger partial charge in [0.15, 0.2) is 0 Å². The largest absolute Gasteiger partial charge is 0.481 e. The Morgan fingerprint density at radius 1 is 0.955 bits per heavy atom. The Hall–Kier alpha value is -2.63. The summed E-state index contributed by atoms with van der Waals surface area (Å²) in [6.07, 6.45) is 4.50. The molecule has 3 rings (SSSR count). The molecule has 2 aliphatic carbocycles. The molecule has 6 nitrogen and oxygen atoms in total. The Kier molecular flexibility index (Phi) is 3.44. The van der Waals surface area contributed by atoms with Gasteiger partial charge < -0.3 is 15.5 Å². The Balaban J connectivity index is 1.75. The van der Waals surface area contributed by atoms with E-state index in [1.807, 2.05) is 12.2 Å². The molecular formula is C16H15NO5. The Bertz CT molecular complexity index is 664. The second kappa shape index (κ2) is 5.29. The van der Waals surface area contributed by atoms with Gasteiger partial charge in [0.2, 0.25) is 5.91 Å². The lowest BCUT2D eigenvalue weighted by Gasteiger charge is -2.23. The fourth-order valence-electron chi connectivity index (χ4n) is 3.44. The zero-order valence-electron chi connectivity index (χ0n) is 11.6. The van der Waals surface area contributed by atoms with Crippen LogP contribution < -0.4 is 5.32 Å². The highest BCUT2D eigenvalue weighted by molar-refractivity contribution is 5.97. The van der Waals surface area contributed by atoms with Crippen molar-refractivity contribution >= 4 is 23.5 Å². The van der Waals surface area contributed by atoms with E-state index in [9.17, 15) is 19.5 Å². The van der Waals surface area contributed by atoms with Gasteiger partial charge in [0.1, 0.15) is 0 Å². The van der Waals surface area contributed by atoms with Gasteiger partial charge >= 0.3 is 11.9 Å². The highest BCUT2D eigenvalue weighted by Crippen LogP contribution is 2.48. The lowest BCUT2D eigenvalue weighted by Crippen LogP contribution is -2.36. The SMILES string of the molecule is O=C(O)c1ccc(NC(=O)[C@H]2[C@@H](C(=O)O)[C@@H]3C=C[C@H]2C3)cc1. The number of carboxylic acid groups (broad SMARTS) is 2. The van der Waals surface area contributed by atoms with Crippen LogP contribution in [0.25, 0.3) is 0 Å². The lowest BCUT2D eigenvalue weighted by atomic mass is 9.82. The van der Waals surface area contributed by atoms with Gasteiger partial charge in [0.05, 0.1) is 17.4 Å². The number of fused-ring (bicyclic) bond motifs is 2. The highest BCUT2D eigenvalue weighted by Gasteiger charge is 2.51. The number of aliphatic carboxylic acids is 1. The number of rotatable bonds is 4. The van der Waals surface area contributed by atoms with Crippen molar-refractivity contribution in [3.8, 4) is 0 Å². The molecule has 4 atom stereocenters. The van der Waals surface area contributed by atoms with E-state index in [1.165, 1.54) is 24.3 Å². The maximum absolute atomic E-state index is 12.4. The van der Waals surface area contributed by atoms with Crippen molar-refractivity contribution in [3.63, 3.8) is 0 Å². The first-order chi connectivity index (χ1) is 10.5. The molecule has 2 bridgehead atoms. The summed E-state index contributed by atoms with van der Waals surface area (Å²) in [5, 5.41) is 20.9. The minimum absolute atomic E-state index is 0.0376. The molecule has 6 heteroatoms. The van der Waals surface area contributed by atoms with Crippen molar-refractivity contribution in [2.75, 3.05) is 5.32 Å². The molecule has 0 aliphatic heterocycles. The standard InChI is InChI=1S/C16H15NO5/c18-14(17-11-5-3-8(4-6-11)15(19)20)12-9-1-2-10(7-9)13(12)16(21)22/h1-6,9-10,12-13H,7H2,(H,17,18)(H,19,20)(H,21,22)/t9-,10+,12+,13-/m0/s1. The summed E-state index contributed by atoms with van der Waals surface area (Å²) in [5.74, 6) is -3.69. The highest BCUT2D eigenvalue weighted by atomic mass is 16.4. The molecule has 1 aromatic carbocycles. The van der Waals surface area contributed by atoms with Crippen LogP contribution in [0.5, 0.6) is 0 Å². The topological polar surface area (TPSA) is 104 Å². The Morgan fingerprint density at radius 2 is 1.55 bits per heavy atom. The minimum atomic E-state index is -1.04. The van der Waals surface area contributed by atoms with Gasteiger partial charge in [-0.3, -0.25) is 9.59 Å². The molecule has 1 aromatic rings. The summed E-state index contributed by atoms with van der Waals surface area (Å²) in [7, 11) is 0. The molecule has 0 saturated heterocycles. The molecule has 0 heterocycles. The first-order valence-corrected chi connectivity index (χ1v) is 7.02. The lowest BCUT2D eigenvalue weighted by molar-refractivity contribution is -0.146. The molecule has 1 saturated carbocycles. The molecule has 1 amide bonds. The predicted molar refractivity (Wildman–Crippen MR) is 77.4 cm³/mol. The number of aromatic carboxylic acids is 1. The summed E-state index contributed by atoms with van der Waals surface area (Å²) in [4.78, 5) is 34.6. The third kappa shape index (κ3) is 2.36. The average molecular weight is 301 g/mol. The predicted octanol–water partition coefficient (Wildman–Crippen LogP) is 1.85. The average Bonchev–Trinajstić information content (AvgIpc) is 3.08. The number of hydrogen-bond acceptors (Lipinski definition) is 3. The van der Waals surface area contributed by atoms with Crippen LogP contribution in [0.15, 0.2) is 36.4 Å². The fraction of sp³-hybridized carbons (Fsp3) is 0.312. The maximum Gasteiger partial charge on any atom is 0.335 e. The van der Waals surface area contributed by atoms with Gasteiger partial charge in [0, 0.05) is 5.69 Å². The summed E-state index contributed by atoms with van der Waals surface area (Å²) >= 11 is 0. The third-order valence-corrected chi connectivity index (χ3v) is 4.45. The van der Waals surface area contributed by atoms with Gasteiger partial charge in [-0.05, 0) is 42.5 Å². The second-order valence-electron chi connectivity index (χ2n) is 5.71. The van der Waals surface area contributed by atoms with Crippen molar-refractivity contribution < 1.29 is 24.6 Å². The van der Waals surface area contributed by atoms with Crippen LogP contribution in [-0.2, 0) is 9.59 Å². The number of carbonyl (C=O) groups is 3. The first-order valence-electron chi connectivity index (χ1n) is 7.02. The normalized spacial score (nSPS) is 28.5. The van der Waals surface area contributed by atoms with Crippen molar-refractivity contribution in [2.45, 2.75) is 6.42 Å². The second-order valence-corrected chi connectivity index (χ2v) is 5.71. The summed E-state index contributed by atoms with van der Waals surface area (Å²) in [5.41, 5.74) is 0.593. The molecule has 0 aromatic heterocycles. The summed E-state index contributed by atoms with van der Waals surface area (Å²) in [6, 6.07) is 5.79. The van der Waals surface area contributed by atoms with E-state index in [2.05, 4.69) is 5.32 Å². The van der Waals surface area contributed by atoms with E-state index in [-0.39, 0.29) is 23.3 Å². The number of carboxylic acids is 2. The van der Waals surface area contributed by atoms with Gasteiger partial charge in [0.25, 0.3) is 0 Å². The molecule has 2 aliphatic rings. The number of benzene rings is 1. The molecule has 1 fully saturated rings. The molecule has 114 valence electrons. The smallest absolute Gasteiger partial charge is 0.335 e. The number of hydrogen-bond donors (Lipinski definition) is 3. The quantitative estimate of drug-likeness (QED) is 0.736. The van der Waals surface area contributed by atoms with Crippen molar-refractivity contribution in [1.82, 2.24) is 0 Å². The van der Waals surface area contributed by atoms with Crippen LogP contribution in [0.3, 0.4) is 0 Å². The van der Waals surface area contributed by atoms with Gasteiger partial charge in [-0.2, -0.15) is 0 Å². The Labute approximate surface area is 126 Å². The van der Waals surface area contributed by atoms with Crippen LogP contribution in [0.4, 0.5) is 5.69 Å². The van der Waals surface area contributed by atoms with E-state index in [1.54, 1.807) is 0 Å². The van der Waals surface area contributed by atoms with Crippen LogP contribution in [0.2, 0.25) is 0 Å². The van der Waals surface area contributed by atoms with Gasteiger partial charge in [-0.15, -0.1) is 0 Å². The number of anilines is 1. The molecule has 3 N–H and O–H groups in total. The fourth-order valence-corrected chi connectivity index (χ4v) is 3.44. The van der Waals surface area contributed by atoms with Gasteiger partial charge in [-0.1, -0.05) is 12.2 Å². The zero-order chi connectivity index (χ0) is 15.9. The monoisotopic (exact) mass is 301 g/mol. The van der Waals surface area contributed by atoms with Crippen LogP contribution in [0, 0.1) is 23.7 Å². The third-order valence-electron chi connectivity index (χ3n) is 4.45. The number of amides is 1. The van der Waals surface area contributed by atoms with Crippen molar-refractivity contribution in [1.29, 1.82) is 0 Å². The first kappa shape index (κ1) is 14.3. The molecule has 0 radical (unpaired) electrons. The maximum atomic E-state index is 12.4. The summed E-state index contributed by atoms with van der Waals surface area (Å²) < 4.78 is 0. The minimum Gasteiger partial charge on any atom is -0.481 e. The van der Waals surface area contributed by atoms with E-state index in [0.717, 1.165) is 0 Å². The van der Waals surface area contributed by atoms with E-state index < -0.39 is 23.8 Å². The zero-order valence-corrected chi connectivity index (χ0v) is 11.6. The molecule has 22 heavy (non-hydrogen) atoms. The van der Waals surface area contributed by atoms with Crippen LogP contribution in [-0.4, -0.2) is 28.1 Å². The van der Waals surface area contributed by atoms with E-state index in [4.69, 9.17) is 5.11 Å². The van der Waals surface area contributed by atoms with Crippen LogP contribution >= 0.6 is 0 Å². The van der Waals surface area contributed by atoms with E-state index in [0.29, 0.717) is 12.1 Å².